The molecule has 2 rings (SSSR count). The second kappa shape index (κ2) is 9.88. The number of rotatable bonds is 10. The molecule has 0 fully saturated rings. The summed E-state index contributed by atoms with van der Waals surface area (Å²) in [5, 5.41) is 4.96. The van der Waals surface area contributed by atoms with Gasteiger partial charge in [-0.2, -0.15) is 0 Å². The number of ether oxygens (including phenoxy) is 1. The average Bonchev–Trinajstić information content (AvgIpc) is 3.04. The highest BCUT2D eigenvalue weighted by molar-refractivity contribution is 9.09. The number of benzene rings is 1. The zero-order chi connectivity index (χ0) is 15.6. The van der Waals surface area contributed by atoms with E-state index in [0.717, 1.165) is 41.8 Å². The zero-order valence-electron chi connectivity index (χ0n) is 13.4. The van der Waals surface area contributed by atoms with E-state index in [0.29, 0.717) is 0 Å². The first-order chi connectivity index (χ1) is 10.8. The summed E-state index contributed by atoms with van der Waals surface area (Å²) in [6, 6.07) is 8.18. The lowest BCUT2D eigenvalue weighted by atomic mass is 10.1. The minimum atomic E-state index is 0.165. The van der Waals surface area contributed by atoms with Crippen LogP contribution in [0.15, 0.2) is 29.4 Å². The largest absolute Gasteiger partial charge is 0.494 e. The number of unbranched alkanes of at least 4 members (excludes halogenated alkanes) is 5. The first kappa shape index (κ1) is 17.3. The lowest BCUT2D eigenvalue weighted by Gasteiger charge is -2.07. The Morgan fingerprint density at radius 2 is 1.86 bits per heavy atom. The van der Waals surface area contributed by atoms with Crippen molar-refractivity contribution in [2.45, 2.75) is 58.0 Å². The molecule has 1 aromatic rings. The lowest BCUT2D eigenvalue weighted by molar-refractivity contribution is 0.104. The van der Waals surface area contributed by atoms with E-state index in [9.17, 15) is 0 Å². The third kappa shape index (κ3) is 5.64. The van der Waals surface area contributed by atoms with Crippen LogP contribution in [0.25, 0.3) is 0 Å². The van der Waals surface area contributed by atoms with Gasteiger partial charge >= 0.3 is 0 Å². The maximum Gasteiger partial charge on any atom is 0.142 e. The molecular formula is C18H26BrNO2. The fourth-order valence-electron chi connectivity index (χ4n) is 2.50. The minimum Gasteiger partial charge on any atom is -0.494 e. The molecule has 0 amide bonds. The molecule has 1 atom stereocenters. The molecule has 0 radical (unpaired) electrons. The molecule has 0 aromatic heterocycles. The van der Waals surface area contributed by atoms with Gasteiger partial charge in [-0.05, 0) is 36.2 Å². The van der Waals surface area contributed by atoms with Crippen LogP contribution < -0.4 is 4.74 Å². The molecule has 0 saturated heterocycles. The number of nitrogens with zero attached hydrogens (tertiary/aromatic N) is 1. The smallest absolute Gasteiger partial charge is 0.142 e. The number of hydrogen-bond donors (Lipinski definition) is 0. The number of alkyl halides is 1. The quantitative estimate of drug-likeness (QED) is 0.414. The highest BCUT2D eigenvalue weighted by Crippen LogP contribution is 2.20. The Labute approximate surface area is 142 Å². The summed E-state index contributed by atoms with van der Waals surface area (Å²) in [6.07, 6.45) is 8.76. The van der Waals surface area contributed by atoms with Crippen molar-refractivity contribution in [3.63, 3.8) is 0 Å². The number of oxime groups is 1. The van der Waals surface area contributed by atoms with Crippen LogP contribution in [0, 0.1) is 0 Å². The standard InChI is InChI=1S/C18H26BrNO2/c1-2-3-4-5-6-7-12-21-16-10-8-15(9-11-16)18-13-17(14-19)22-20-18/h8-11,17H,2-7,12-14H2,1H3. The monoisotopic (exact) mass is 367 g/mol. The van der Waals surface area contributed by atoms with E-state index in [2.05, 4.69) is 40.1 Å². The predicted molar refractivity (Wildman–Crippen MR) is 95.1 cm³/mol. The fraction of sp³-hybridized carbons (Fsp3) is 0.611. The molecule has 1 unspecified atom stereocenters. The van der Waals surface area contributed by atoms with Crippen LogP contribution in [-0.4, -0.2) is 23.8 Å². The van der Waals surface area contributed by atoms with Gasteiger partial charge in [-0.25, -0.2) is 0 Å². The van der Waals surface area contributed by atoms with Gasteiger partial charge in [0.2, 0.25) is 0 Å². The highest BCUT2D eigenvalue weighted by Gasteiger charge is 2.20. The van der Waals surface area contributed by atoms with Gasteiger partial charge in [-0.15, -0.1) is 0 Å². The van der Waals surface area contributed by atoms with Crippen molar-refractivity contribution in [2.24, 2.45) is 5.16 Å². The van der Waals surface area contributed by atoms with E-state index in [1.165, 1.54) is 32.1 Å². The van der Waals surface area contributed by atoms with Gasteiger partial charge < -0.3 is 9.57 Å². The first-order valence-electron chi connectivity index (χ1n) is 8.35. The van der Waals surface area contributed by atoms with Crippen LogP contribution in [0.3, 0.4) is 0 Å². The zero-order valence-corrected chi connectivity index (χ0v) is 15.0. The maximum atomic E-state index is 5.79. The summed E-state index contributed by atoms with van der Waals surface area (Å²) in [5.41, 5.74) is 2.14. The van der Waals surface area contributed by atoms with E-state index in [4.69, 9.17) is 9.57 Å². The average molecular weight is 368 g/mol. The molecule has 4 heteroatoms. The number of hydrogen-bond acceptors (Lipinski definition) is 3. The van der Waals surface area contributed by atoms with Crippen molar-refractivity contribution < 1.29 is 9.57 Å². The van der Waals surface area contributed by atoms with Crippen LogP contribution in [0.5, 0.6) is 5.75 Å². The Balaban J connectivity index is 1.67. The summed E-state index contributed by atoms with van der Waals surface area (Å²) >= 11 is 3.42. The van der Waals surface area contributed by atoms with E-state index < -0.39 is 0 Å². The van der Waals surface area contributed by atoms with Gasteiger partial charge in [-0.3, -0.25) is 0 Å². The minimum absolute atomic E-state index is 0.165. The maximum absolute atomic E-state index is 5.79. The molecule has 1 aliphatic rings. The van der Waals surface area contributed by atoms with Crippen molar-refractivity contribution in [2.75, 3.05) is 11.9 Å². The van der Waals surface area contributed by atoms with Crippen LogP contribution in [0.1, 0.15) is 57.4 Å². The third-order valence-electron chi connectivity index (χ3n) is 3.86. The second-order valence-electron chi connectivity index (χ2n) is 5.76. The Bertz CT molecular complexity index is 459. The molecule has 1 heterocycles. The van der Waals surface area contributed by atoms with E-state index in [1.54, 1.807) is 0 Å². The summed E-state index contributed by atoms with van der Waals surface area (Å²) < 4.78 is 5.79. The Kier molecular flexibility index (Phi) is 7.78. The fourth-order valence-corrected chi connectivity index (χ4v) is 2.84. The molecule has 0 spiro atoms. The van der Waals surface area contributed by atoms with Crippen LogP contribution in [-0.2, 0) is 4.84 Å². The molecule has 1 aromatic carbocycles. The van der Waals surface area contributed by atoms with Crippen molar-refractivity contribution >= 4 is 21.6 Å². The molecule has 22 heavy (non-hydrogen) atoms. The van der Waals surface area contributed by atoms with Crippen LogP contribution >= 0.6 is 15.9 Å². The van der Waals surface area contributed by atoms with Crippen molar-refractivity contribution in [1.29, 1.82) is 0 Å². The SMILES string of the molecule is CCCCCCCCOc1ccc(C2=NOC(CBr)C2)cc1. The molecule has 3 nitrogen and oxygen atoms in total. The Morgan fingerprint density at radius 1 is 1.14 bits per heavy atom. The normalized spacial score (nSPS) is 17.2. The van der Waals surface area contributed by atoms with E-state index in [1.807, 2.05) is 12.1 Å². The Morgan fingerprint density at radius 3 is 2.55 bits per heavy atom. The van der Waals surface area contributed by atoms with Gasteiger partial charge in [0.15, 0.2) is 0 Å². The molecule has 122 valence electrons. The third-order valence-corrected chi connectivity index (χ3v) is 4.58. The van der Waals surface area contributed by atoms with Crippen LogP contribution in [0.2, 0.25) is 0 Å². The van der Waals surface area contributed by atoms with E-state index in [-0.39, 0.29) is 6.10 Å². The van der Waals surface area contributed by atoms with Crippen molar-refractivity contribution in [1.82, 2.24) is 0 Å². The molecule has 0 N–H and O–H groups in total. The van der Waals surface area contributed by atoms with Gasteiger partial charge in [0.05, 0.1) is 12.3 Å². The molecular weight excluding hydrogens is 342 g/mol. The van der Waals surface area contributed by atoms with E-state index >= 15 is 0 Å². The predicted octanol–water partition coefficient (Wildman–Crippen LogP) is 5.31. The molecule has 1 aliphatic heterocycles. The molecule has 0 saturated carbocycles. The topological polar surface area (TPSA) is 30.8 Å². The summed E-state index contributed by atoms with van der Waals surface area (Å²) in [6.45, 7) is 3.05. The van der Waals surface area contributed by atoms with Gasteiger partial charge in [0, 0.05) is 11.8 Å². The van der Waals surface area contributed by atoms with Crippen molar-refractivity contribution in [3.05, 3.63) is 29.8 Å². The second-order valence-corrected chi connectivity index (χ2v) is 6.41. The van der Waals surface area contributed by atoms with Gasteiger partial charge in [0.1, 0.15) is 11.9 Å². The van der Waals surface area contributed by atoms with Crippen molar-refractivity contribution in [3.8, 4) is 5.75 Å². The number of halogens is 1. The molecule has 0 bridgehead atoms. The summed E-state index contributed by atoms with van der Waals surface area (Å²) in [7, 11) is 0. The summed E-state index contributed by atoms with van der Waals surface area (Å²) in [4.78, 5) is 5.33. The first-order valence-corrected chi connectivity index (χ1v) is 9.47. The molecule has 0 aliphatic carbocycles. The van der Waals surface area contributed by atoms with Crippen LogP contribution in [0.4, 0.5) is 0 Å². The highest BCUT2D eigenvalue weighted by atomic mass is 79.9. The Hall–Kier alpha value is -1.03. The summed E-state index contributed by atoms with van der Waals surface area (Å²) in [5.74, 6) is 0.939. The lowest BCUT2D eigenvalue weighted by Crippen LogP contribution is -2.09. The van der Waals surface area contributed by atoms with Gasteiger partial charge in [0.25, 0.3) is 0 Å². The van der Waals surface area contributed by atoms with Gasteiger partial charge in [-0.1, -0.05) is 60.1 Å².